The molecule has 2 rings (SSSR count). The molecule has 0 aliphatic carbocycles. The molecule has 104 valence electrons. The van der Waals surface area contributed by atoms with E-state index in [0.29, 0.717) is 5.95 Å². The zero-order valence-corrected chi connectivity index (χ0v) is 11.2. The Bertz CT molecular complexity index is 603. The monoisotopic (exact) mass is 273 g/mol. The largest absolute Gasteiger partial charge is 0.358 e. The number of hydrogen-bond acceptors (Lipinski definition) is 6. The summed E-state index contributed by atoms with van der Waals surface area (Å²) >= 11 is 0. The van der Waals surface area contributed by atoms with Crippen molar-refractivity contribution in [2.24, 2.45) is 0 Å². The highest BCUT2D eigenvalue weighted by Crippen LogP contribution is 2.26. The van der Waals surface area contributed by atoms with Crippen LogP contribution in [0.25, 0.3) is 0 Å². The summed E-state index contributed by atoms with van der Waals surface area (Å²) in [5, 5.41) is 16.8. The highest BCUT2D eigenvalue weighted by molar-refractivity contribution is 5.57. The van der Waals surface area contributed by atoms with Gasteiger partial charge in [0.2, 0.25) is 11.8 Å². The van der Waals surface area contributed by atoms with Crippen LogP contribution in [0.4, 0.5) is 17.5 Å². The van der Waals surface area contributed by atoms with Crippen molar-refractivity contribution in [1.29, 1.82) is 0 Å². The fourth-order valence-corrected chi connectivity index (χ4v) is 1.77. The highest BCUT2D eigenvalue weighted by atomic mass is 16.6. The molecular formula is C13H15N5O2. The van der Waals surface area contributed by atoms with Gasteiger partial charge >= 0.3 is 5.69 Å². The van der Waals surface area contributed by atoms with Crippen molar-refractivity contribution in [2.75, 3.05) is 17.7 Å². The van der Waals surface area contributed by atoms with Gasteiger partial charge in [0, 0.05) is 7.05 Å². The van der Waals surface area contributed by atoms with Crippen molar-refractivity contribution in [3.8, 4) is 0 Å². The lowest BCUT2D eigenvalue weighted by Gasteiger charge is -2.15. The third-order valence-electron chi connectivity index (χ3n) is 2.84. The molecule has 1 heterocycles. The minimum absolute atomic E-state index is 0.102. The van der Waals surface area contributed by atoms with Crippen LogP contribution in [0.3, 0.4) is 0 Å². The van der Waals surface area contributed by atoms with E-state index in [0.717, 1.165) is 5.56 Å². The number of aromatic nitrogens is 2. The number of benzene rings is 1. The average Bonchev–Trinajstić information content (AvgIpc) is 2.47. The van der Waals surface area contributed by atoms with E-state index in [1.54, 1.807) is 7.05 Å². The van der Waals surface area contributed by atoms with Crippen molar-refractivity contribution < 1.29 is 4.92 Å². The molecule has 0 radical (unpaired) electrons. The number of nitro groups is 1. The lowest BCUT2D eigenvalue weighted by molar-refractivity contribution is -0.384. The van der Waals surface area contributed by atoms with E-state index >= 15 is 0 Å². The van der Waals surface area contributed by atoms with Gasteiger partial charge < -0.3 is 10.6 Å². The van der Waals surface area contributed by atoms with Crippen molar-refractivity contribution >= 4 is 17.5 Å². The fraction of sp³-hybridized carbons (Fsp3) is 0.231. The van der Waals surface area contributed by atoms with Gasteiger partial charge in [0.25, 0.3) is 0 Å². The standard InChI is InChI=1S/C13H15N5O2/c1-9(10-6-4-3-5-7-10)16-12-11(18(19)20)8-15-13(14-2)17-12/h3-9H,1-2H3,(H2,14,15,16,17). The van der Waals surface area contributed by atoms with Crippen molar-refractivity contribution in [3.63, 3.8) is 0 Å². The zero-order valence-electron chi connectivity index (χ0n) is 11.2. The van der Waals surface area contributed by atoms with E-state index in [4.69, 9.17) is 0 Å². The first-order valence-corrected chi connectivity index (χ1v) is 6.12. The van der Waals surface area contributed by atoms with Crippen LogP contribution in [-0.2, 0) is 0 Å². The van der Waals surface area contributed by atoms with Crippen LogP contribution in [0.2, 0.25) is 0 Å². The molecular weight excluding hydrogens is 258 g/mol. The van der Waals surface area contributed by atoms with Gasteiger partial charge in [0.05, 0.1) is 11.0 Å². The van der Waals surface area contributed by atoms with Crippen molar-refractivity contribution in [2.45, 2.75) is 13.0 Å². The molecule has 2 N–H and O–H groups in total. The van der Waals surface area contributed by atoms with E-state index in [9.17, 15) is 10.1 Å². The first kappa shape index (κ1) is 13.7. The van der Waals surface area contributed by atoms with E-state index in [2.05, 4.69) is 20.6 Å². The van der Waals surface area contributed by atoms with Gasteiger partial charge in [0.15, 0.2) is 0 Å². The molecule has 0 aliphatic heterocycles. The van der Waals surface area contributed by atoms with E-state index in [-0.39, 0.29) is 17.5 Å². The maximum Gasteiger partial charge on any atom is 0.329 e. The quantitative estimate of drug-likeness (QED) is 0.642. The molecule has 1 atom stereocenters. The van der Waals surface area contributed by atoms with Gasteiger partial charge in [-0.25, -0.2) is 4.98 Å². The number of nitrogens with zero attached hydrogens (tertiary/aromatic N) is 3. The van der Waals surface area contributed by atoms with Gasteiger partial charge in [-0.3, -0.25) is 10.1 Å². The average molecular weight is 273 g/mol. The maximum absolute atomic E-state index is 11.0. The van der Waals surface area contributed by atoms with Crippen LogP contribution in [0.15, 0.2) is 36.5 Å². The summed E-state index contributed by atoms with van der Waals surface area (Å²) in [4.78, 5) is 18.5. The molecule has 2 aromatic rings. The first-order valence-electron chi connectivity index (χ1n) is 6.12. The molecule has 0 fully saturated rings. The molecule has 0 saturated carbocycles. The molecule has 0 bridgehead atoms. The molecule has 1 unspecified atom stereocenters. The number of hydrogen-bond donors (Lipinski definition) is 2. The van der Waals surface area contributed by atoms with E-state index < -0.39 is 4.92 Å². The Morgan fingerprint density at radius 2 is 2.00 bits per heavy atom. The SMILES string of the molecule is CNc1ncc([N+](=O)[O-])c(NC(C)c2ccccc2)n1. The molecule has 1 aromatic heterocycles. The molecule has 0 spiro atoms. The van der Waals surface area contributed by atoms with Gasteiger partial charge in [-0.05, 0) is 12.5 Å². The summed E-state index contributed by atoms with van der Waals surface area (Å²) < 4.78 is 0. The third kappa shape index (κ3) is 3.00. The maximum atomic E-state index is 11.0. The highest BCUT2D eigenvalue weighted by Gasteiger charge is 2.19. The Labute approximate surface area is 116 Å². The van der Waals surface area contributed by atoms with E-state index in [1.807, 2.05) is 37.3 Å². The lowest BCUT2D eigenvalue weighted by Crippen LogP contribution is -2.11. The van der Waals surface area contributed by atoms with Gasteiger partial charge in [0.1, 0.15) is 6.20 Å². The fourth-order valence-electron chi connectivity index (χ4n) is 1.77. The summed E-state index contributed by atoms with van der Waals surface area (Å²) in [7, 11) is 1.66. The van der Waals surface area contributed by atoms with Crippen molar-refractivity contribution in [3.05, 3.63) is 52.2 Å². The number of nitrogens with one attached hydrogen (secondary N) is 2. The Balaban J connectivity index is 2.29. The van der Waals surface area contributed by atoms with Crippen LogP contribution in [0.5, 0.6) is 0 Å². The predicted molar refractivity (Wildman–Crippen MR) is 76.7 cm³/mol. The summed E-state index contributed by atoms with van der Waals surface area (Å²) in [5.74, 6) is 0.532. The summed E-state index contributed by atoms with van der Waals surface area (Å²) in [6.07, 6.45) is 1.19. The summed E-state index contributed by atoms with van der Waals surface area (Å²) in [6.45, 7) is 1.92. The van der Waals surface area contributed by atoms with Crippen LogP contribution in [-0.4, -0.2) is 21.9 Å². The van der Waals surface area contributed by atoms with Crippen LogP contribution >= 0.6 is 0 Å². The predicted octanol–water partition coefficient (Wildman–Crippen LogP) is 2.60. The molecule has 1 aromatic carbocycles. The second kappa shape index (κ2) is 5.96. The number of anilines is 2. The van der Waals surface area contributed by atoms with Crippen LogP contribution in [0, 0.1) is 10.1 Å². The Morgan fingerprint density at radius 3 is 2.60 bits per heavy atom. The van der Waals surface area contributed by atoms with Gasteiger partial charge in [-0.15, -0.1) is 0 Å². The third-order valence-corrected chi connectivity index (χ3v) is 2.84. The van der Waals surface area contributed by atoms with E-state index in [1.165, 1.54) is 6.20 Å². The molecule has 0 amide bonds. The molecule has 7 nitrogen and oxygen atoms in total. The van der Waals surface area contributed by atoms with Gasteiger partial charge in [-0.1, -0.05) is 30.3 Å². The smallest absolute Gasteiger partial charge is 0.329 e. The molecule has 0 aliphatic rings. The molecule has 20 heavy (non-hydrogen) atoms. The Morgan fingerprint density at radius 1 is 1.30 bits per heavy atom. The normalized spacial score (nSPS) is 11.7. The second-order valence-corrected chi connectivity index (χ2v) is 4.21. The number of rotatable bonds is 5. The minimum atomic E-state index is -0.501. The Kier molecular flexibility index (Phi) is 4.09. The van der Waals surface area contributed by atoms with Gasteiger partial charge in [-0.2, -0.15) is 4.98 Å². The Hall–Kier alpha value is -2.70. The first-order chi connectivity index (χ1) is 9.61. The summed E-state index contributed by atoms with van der Waals surface area (Å²) in [5.41, 5.74) is 0.873. The lowest BCUT2D eigenvalue weighted by atomic mass is 10.1. The summed E-state index contributed by atoms with van der Waals surface area (Å²) in [6, 6.07) is 9.55. The molecule has 7 heteroatoms. The molecule has 0 saturated heterocycles. The second-order valence-electron chi connectivity index (χ2n) is 4.21. The van der Waals surface area contributed by atoms with Crippen LogP contribution in [0.1, 0.15) is 18.5 Å². The zero-order chi connectivity index (χ0) is 14.5. The minimum Gasteiger partial charge on any atom is -0.358 e. The topological polar surface area (TPSA) is 93.0 Å². The van der Waals surface area contributed by atoms with Crippen LogP contribution < -0.4 is 10.6 Å². The van der Waals surface area contributed by atoms with Crippen molar-refractivity contribution in [1.82, 2.24) is 9.97 Å².